The first kappa shape index (κ1) is 18.8. The molecule has 0 heterocycles. The summed E-state index contributed by atoms with van der Waals surface area (Å²) in [6.07, 6.45) is 0.377. The topological polar surface area (TPSA) is 59.0 Å². The molecule has 0 aliphatic carbocycles. The van der Waals surface area contributed by atoms with Crippen molar-refractivity contribution < 1.29 is 19.4 Å². The van der Waals surface area contributed by atoms with E-state index in [0.29, 0.717) is 24.2 Å². The molecule has 0 spiro atoms. The normalized spacial score (nSPS) is 11.3. The summed E-state index contributed by atoms with van der Waals surface area (Å²) < 4.78 is 11.1. The molecule has 0 radical (unpaired) electrons. The molecule has 5 nitrogen and oxygen atoms in total. The van der Waals surface area contributed by atoms with Gasteiger partial charge in [-0.2, -0.15) is 0 Å². The number of ether oxygens (including phenoxy) is 2. The van der Waals surface area contributed by atoms with Crippen molar-refractivity contribution in [2.24, 2.45) is 0 Å². The van der Waals surface area contributed by atoms with Gasteiger partial charge in [-0.25, -0.2) is 4.79 Å². The van der Waals surface area contributed by atoms with Crippen molar-refractivity contribution in [3.05, 3.63) is 28.2 Å². The molecule has 0 aliphatic heterocycles. The van der Waals surface area contributed by atoms with Crippen LogP contribution in [-0.4, -0.2) is 42.0 Å². The Kier molecular flexibility index (Phi) is 7.16. The van der Waals surface area contributed by atoms with E-state index in [1.807, 2.05) is 20.8 Å². The Morgan fingerprint density at radius 2 is 2.05 bits per heavy atom. The second-order valence-corrected chi connectivity index (χ2v) is 6.89. The molecule has 0 bridgehead atoms. The van der Waals surface area contributed by atoms with Gasteiger partial charge in [0.05, 0.1) is 4.47 Å². The number of methoxy groups -OCH3 is 1. The lowest BCUT2D eigenvalue weighted by Gasteiger charge is -2.27. The molecule has 1 rings (SSSR count). The maximum absolute atomic E-state index is 12.3. The number of phenolic OH excluding ortho intramolecular Hbond substituents is 1. The van der Waals surface area contributed by atoms with E-state index in [-0.39, 0.29) is 11.8 Å². The van der Waals surface area contributed by atoms with E-state index >= 15 is 0 Å². The number of nitrogens with zero attached hydrogens (tertiary/aromatic N) is 1. The molecule has 1 aromatic rings. The summed E-state index contributed by atoms with van der Waals surface area (Å²) in [6, 6.07) is 5.18. The number of phenols is 1. The second-order valence-electron chi connectivity index (χ2n) is 6.03. The first-order chi connectivity index (χ1) is 10.2. The van der Waals surface area contributed by atoms with Crippen LogP contribution in [0.4, 0.5) is 4.79 Å². The minimum Gasteiger partial charge on any atom is -0.507 e. The van der Waals surface area contributed by atoms with Gasteiger partial charge in [0, 0.05) is 26.8 Å². The summed E-state index contributed by atoms with van der Waals surface area (Å²) in [4.78, 5) is 14.0. The Morgan fingerprint density at radius 3 is 2.59 bits per heavy atom. The van der Waals surface area contributed by atoms with Crippen molar-refractivity contribution in [3.63, 3.8) is 0 Å². The Morgan fingerprint density at radius 1 is 1.36 bits per heavy atom. The highest BCUT2D eigenvalue weighted by Crippen LogP contribution is 2.25. The van der Waals surface area contributed by atoms with Gasteiger partial charge in [0.1, 0.15) is 11.4 Å². The first-order valence-electron chi connectivity index (χ1n) is 7.17. The molecule has 0 unspecified atom stereocenters. The fourth-order valence-electron chi connectivity index (χ4n) is 1.83. The van der Waals surface area contributed by atoms with Crippen LogP contribution >= 0.6 is 15.9 Å². The molecular formula is C16H24BrNO4. The lowest BCUT2D eigenvalue weighted by atomic mass is 10.2. The number of amides is 1. The number of benzene rings is 1. The molecule has 0 saturated carbocycles. The molecule has 124 valence electrons. The molecule has 0 atom stereocenters. The van der Waals surface area contributed by atoms with Crippen molar-refractivity contribution in [2.75, 3.05) is 20.3 Å². The Labute approximate surface area is 140 Å². The molecule has 0 aromatic heterocycles. The SMILES string of the molecule is COCCCN(Cc1ccc(O)c(Br)c1)C(=O)OC(C)(C)C. The second kappa shape index (κ2) is 8.39. The number of hydrogen-bond donors (Lipinski definition) is 1. The van der Waals surface area contributed by atoms with Crippen LogP contribution in [0.15, 0.2) is 22.7 Å². The van der Waals surface area contributed by atoms with Crippen LogP contribution < -0.4 is 0 Å². The minimum absolute atomic E-state index is 0.173. The molecule has 0 saturated heterocycles. The lowest BCUT2D eigenvalue weighted by Crippen LogP contribution is -2.37. The number of carbonyl (C=O) groups is 1. The Balaban J connectivity index is 2.80. The summed E-state index contributed by atoms with van der Waals surface area (Å²) in [5.41, 5.74) is 0.375. The van der Waals surface area contributed by atoms with E-state index in [4.69, 9.17) is 9.47 Å². The number of halogens is 1. The van der Waals surface area contributed by atoms with Crippen molar-refractivity contribution in [1.29, 1.82) is 0 Å². The number of rotatable bonds is 6. The van der Waals surface area contributed by atoms with Crippen molar-refractivity contribution in [2.45, 2.75) is 39.3 Å². The zero-order chi connectivity index (χ0) is 16.8. The van der Waals surface area contributed by atoms with Gasteiger partial charge in [-0.3, -0.25) is 0 Å². The Hall–Kier alpha value is -1.27. The third-order valence-electron chi connectivity index (χ3n) is 2.81. The van der Waals surface area contributed by atoms with Crippen LogP contribution in [-0.2, 0) is 16.0 Å². The standard InChI is InChI=1S/C16H24BrNO4/c1-16(2,3)22-15(20)18(8-5-9-21-4)11-12-6-7-14(19)13(17)10-12/h6-7,10,19H,5,8-9,11H2,1-4H3. The lowest BCUT2D eigenvalue weighted by molar-refractivity contribution is 0.0218. The maximum atomic E-state index is 12.3. The quantitative estimate of drug-likeness (QED) is 0.767. The summed E-state index contributed by atoms with van der Waals surface area (Å²) in [5.74, 6) is 0.173. The average molecular weight is 374 g/mol. The van der Waals surface area contributed by atoms with E-state index in [0.717, 1.165) is 12.0 Å². The van der Waals surface area contributed by atoms with Crippen molar-refractivity contribution >= 4 is 22.0 Å². The average Bonchev–Trinajstić information content (AvgIpc) is 2.40. The van der Waals surface area contributed by atoms with Gasteiger partial charge in [0.25, 0.3) is 0 Å². The van der Waals surface area contributed by atoms with E-state index in [1.54, 1.807) is 30.2 Å². The summed E-state index contributed by atoms with van der Waals surface area (Å²) >= 11 is 3.28. The molecule has 6 heteroatoms. The first-order valence-corrected chi connectivity index (χ1v) is 7.96. The fourth-order valence-corrected chi connectivity index (χ4v) is 2.26. The smallest absolute Gasteiger partial charge is 0.410 e. The minimum atomic E-state index is -0.536. The van der Waals surface area contributed by atoms with Crippen LogP contribution in [0.2, 0.25) is 0 Å². The van der Waals surface area contributed by atoms with Crippen LogP contribution in [0.25, 0.3) is 0 Å². The van der Waals surface area contributed by atoms with Crippen LogP contribution in [0.3, 0.4) is 0 Å². The molecule has 0 aliphatic rings. The van der Waals surface area contributed by atoms with Gasteiger partial charge in [0.15, 0.2) is 0 Å². The van der Waals surface area contributed by atoms with E-state index in [2.05, 4.69) is 15.9 Å². The van der Waals surface area contributed by atoms with Gasteiger partial charge in [-0.05, 0) is 60.8 Å². The number of carbonyl (C=O) groups excluding carboxylic acids is 1. The maximum Gasteiger partial charge on any atom is 0.410 e. The molecule has 1 amide bonds. The zero-order valence-electron chi connectivity index (χ0n) is 13.6. The van der Waals surface area contributed by atoms with Gasteiger partial charge in [-0.1, -0.05) is 6.07 Å². The molecule has 1 aromatic carbocycles. The third kappa shape index (κ3) is 6.66. The zero-order valence-corrected chi connectivity index (χ0v) is 15.1. The largest absolute Gasteiger partial charge is 0.507 e. The third-order valence-corrected chi connectivity index (χ3v) is 3.45. The predicted octanol–water partition coefficient (Wildman–Crippen LogP) is 3.93. The van der Waals surface area contributed by atoms with E-state index in [9.17, 15) is 9.90 Å². The molecular weight excluding hydrogens is 350 g/mol. The number of hydrogen-bond acceptors (Lipinski definition) is 4. The van der Waals surface area contributed by atoms with Crippen LogP contribution in [0.1, 0.15) is 32.8 Å². The van der Waals surface area contributed by atoms with Crippen molar-refractivity contribution in [3.8, 4) is 5.75 Å². The van der Waals surface area contributed by atoms with Crippen molar-refractivity contribution in [1.82, 2.24) is 4.90 Å². The highest BCUT2D eigenvalue weighted by Gasteiger charge is 2.22. The predicted molar refractivity (Wildman–Crippen MR) is 88.9 cm³/mol. The Bertz CT molecular complexity index is 499. The molecule has 1 N–H and O–H groups in total. The van der Waals surface area contributed by atoms with Gasteiger partial charge < -0.3 is 19.5 Å². The number of aromatic hydroxyl groups is 1. The highest BCUT2D eigenvalue weighted by molar-refractivity contribution is 9.10. The van der Waals surface area contributed by atoms with Gasteiger partial charge in [0.2, 0.25) is 0 Å². The fraction of sp³-hybridized carbons (Fsp3) is 0.562. The van der Waals surface area contributed by atoms with Crippen LogP contribution in [0, 0.1) is 0 Å². The van der Waals surface area contributed by atoms with Gasteiger partial charge in [-0.15, -0.1) is 0 Å². The summed E-state index contributed by atoms with van der Waals surface area (Å²) in [5, 5.41) is 9.54. The molecule has 0 fully saturated rings. The summed E-state index contributed by atoms with van der Waals surface area (Å²) in [6.45, 7) is 7.07. The van der Waals surface area contributed by atoms with E-state index in [1.165, 1.54) is 0 Å². The monoisotopic (exact) mass is 373 g/mol. The highest BCUT2D eigenvalue weighted by atomic mass is 79.9. The van der Waals surface area contributed by atoms with Gasteiger partial charge >= 0.3 is 6.09 Å². The van der Waals surface area contributed by atoms with Crippen LogP contribution in [0.5, 0.6) is 5.75 Å². The summed E-state index contributed by atoms with van der Waals surface area (Å²) in [7, 11) is 1.63. The van der Waals surface area contributed by atoms with E-state index < -0.39 is 5.60 Å². The molecule has 22 heavy (non-hydrogen) atoms.